The van der Waals surface area contributed by atoms with Gasteiger partial charge in [-0.3, -0.25) is 4.79 Å². The molecule has 2 nitrogen and oxygen atoms in total. The van der Waals surface area contributed by atoms with Crippen molar-refractivity contribution in [3.63, 3.8) is 0 Å². The van der Waals surface area contributed by atoms with E-state index in [-0.39, 0.29) is 5.91 Å². The van der Waals surface area contributed by atoms with Crippen LogP contribution in [-0.4, -0.2) is 24.4 Å². The van der Waals surface area contributed by atoms with E-state index in [1.165, 1.54) is 12.0 Å². The first-order chi connectivity index (χ1) is 5.24. The summed E-state index contributed by atoms with van der Waals surface area (Å²) in [5, 5.41) is 0. The highest BCUT2D eigenvalue weighted by Crippen LogP contribution is 2.24. The summed E-state index contributed by atoms with van der Waals surface area (Å²) in [5.74, 6) is 0.155. The molecule has 1 saturated carbocycles. The fraction of sp³-hybridized carbons (Fsp3) is 0.667. The van der Waals surface area contributed by atoms with Crippen LogP contribution < -0.4 is 0 Å². The zero-order valence-corrected chi connectivity index (χ0v) is 7.26. The van der Waals surface area contributed by atoms with Gasteiger partial charge in [0.05, 0.1) is 0 Å². The lowest BCUT2D eigenvalue weighted by Crippen LogP contribution is -2.24. The van der Waals surface area contributed by atoms with E-state index >= 15 is 0 Å². The summed E-state index contributed by atoms with van der Waals surface area (Å²) in [6.07, 6.45) is 5.30. The number of amides is 1. The van der Waals surface area contributed by atoms with Gasteiger partial charge in [0.2, 0.25) is 5.91 Å². The first-order valence-electron chi connectivity index (χ1n) is 4.18. The van der Waals surface area contributed by atoms with E-state index in [1.807, 2.05) is 14.0 Å². The molecule has 0 aliphatic heterocycles. The summed E-state index contributed by atoms with van der Waals surface area (Å²) >= 11 is 0. The van der Waals surface area contributed by atoms with Crippen molar-refractivity contribution in [1.29, 1.82) is 0 Å². The molecule has 1 aliphatic rings. The maximum Gasteiger partial charge on any atom is 0.246 e. The standard InChI is InChI=1S/C9H15NO/c1-3-10(2)9(11)7-8-5-4-6-8/h7H,3-6H2,1-2H3. The number of carbonyl (C=O) groups is 1. The topological polar surface area (TPSA) is 20.3 Å². The molecule has 62 valence electrons. The van der Waals surface area contributed by atoms with E-state index in [1.54, 1.807) is 11.0 Å². The lowest BCUT2D eigenvalue weighted by atomic mass is 9.92. The van der Waals surface area contributed by atoms with Gasteiger partial charge in [0.25, 0.3) is 0 Å². The summed E-state index contributed by atoms with van der Waals surface area (Å²) in [4.78, 5) is 13.0. The summed E-state index contributed by atoms with van der Waals surface area (Å²) in [6, 6.07) is 0. The maximum atomic E-state index is 11.2. The molecule has 0 unspecified atom stereocenters. The van der Waals surface area contributed by atoms with Crippen LogP contribution >= 0.6 is 0 Å². The Morgan fingerprint density at radius 1 is 1.64 bits per heavy atom. The Balaban J connectivity index is 2.41. The van der Waals surface area contributed by atoms with Gasteiger partial charge in [-0.15, -0.1) is 0 Å². The monoisotopic (exact) mass is 153 g/mol. The van der Waals surface area contributed by atoms with Crippen LogP contribution in [0.1, 0.15) is 26.2 Å². The molecular weight excluding hydrogens is 138 g/mol. The van der Waals surface area contributed by atoms with E-state index in [0.29, 0.717) is 0 Å². The van der Waals surface area contributed by atoms with E-state index in [9.17, 15) is 4.79 Å². The Bertz CT molecular complexity index is 178. The molecule has 0 aromatic rings. The molecule has 0 atom stereocenters. The number of hydrogen-bond donors (Lipinski definition) is 0. The van der Waals surface area contributed by atoms with Crippen LogP contribution in [0, 0.1) is 0 Å². The van der Waals surface area contributed by atoms with Gasteiger partial charge < -0.3 is 4.90 Å². The van der Waals surface area contributed by atoms with E-state index in [4.69, 9.17) is 0 Å². The molecule has 0 bridgehead atoms. The second kappa shape index (κ2) is 3.56. The lowest BCUT2D eigenvalue weighted by molar-refractivity contribution is -0.124. The molecule has 1 amide bonds. The molecule has 0 spiro atoms. The van der Waals surface area contributed by atoms with Gasteiger partial charge in [-0.05, 0) is 26.2 Å². The van der Waals surface area contributed by atoms with Gasteiger partial charge in [-0.2, -0.15) is 0 Å². The van der Waals surface area contributed by atoms with Crippen LogP contribution in [0.2, 0.25) is 0 Å². The number of hydrogen-bond acceptors (Lipinski definition) is 1. The van der Waals surface area contributed by atoms with Gasteiger partial charge >= 0.3 is 0 Å². The Hall–Kier alpha value is -0.790. The van der Waals surface area contributed by atoms with Crippen molar-refractivity contribution in [2.45, 2.75) is 26.2 Å². The van der Waals surface area contributed by atoms with Crippen LogP contribution in [-0.2, 0) is 4.79 Å². The van der Waals surface area contributed by atoms with Crippen molar-refractivity contribution >= 4 is 5.91 Å². The average Bonchev–Trinajstić information content (AvgIpc) is 1.94. The fourth-order valence-electron chi connectivity index (χ4n) is 0.966. The predicted molar refractivity (Wildman–Crippen MR) is 45.2 cm³/mol. The highest BCUT2D eigenvalue weighted by atomic mass is 16.2. The number of carbonyl (C=O) groups excluding carboxylic acids is 1. The van der Waals surface area contributed by atoms with Crippen molar-refractivity contribution in [2.75, 3.05) is 13.6 Å². The van der Waals surface area contributed by atoms with Crippen molar-refractivity contribution in [2.24, 2.45) is 0 Å². The third kappa shape index (κ3) is 2.07. The van der Waals surface area contributed by atoms with E-state index < -0.39 is 0 Å². The minimum atomic E-state index is 0.155. The molecular formula is C9H15NO. The largest absolute Gasteiger partial charge is 0.343 e. The smallest absolute Gasteiger partial charge is 0.246 e. The summed E-state index contributed by atoms with van der Waals surface area (Å²) in [6.45, 7) is 2.78. The Morgan fingerprint density at radius 3 is 2.64 bits per heavy atom. The predicted octanol–water partition coefficient (Wildman–Crippen LogP) is 1.58. The molecule has 0 heterocycles. The molecule has 0 aromatic carbocycles. The summed E-state index contributed by atoms with van der Waals surface area (Å²) in [7, 11) is 1.83. The molecule has 1 rings (SSSR count). The molecule has 1 aliphatic carbocycles. The molecule has 11 heavy (non-hydrogen) atoms. The van der Waals surface area contributed by atoms with Gasteiger partial charge in [0.15, 0.2) is 0 Å². The molecule has 0 saturated heterocycles. The summed E-state index contributed by atoms with van der Waals surface area (Å²) < 4.78 is 0. The minimum Gasteiger partial charge on any atom is -0.343 e. The van der Waals surface area contributed by atoms with Crippen molar-refractivity contribution in [1.82, 2.24) is 4.90 Å². The Morgan fingerprint density at radius 2 is 2.27 bits per heavy atom. The van der Waals surface area contributed by atoms with Gasteiger partial charge in [0, 0.05) is 19.7 Å². The summed E-state index contributed by atoms with van der Waals surface area (Å²) in [5.41, 5.74) is 1.32. The van der Waals surface area contributed by atoms with Gasteiger partial charge in [-0.25, -0.2) is 0 Å². The van der Waals surface area contributed by atoms with Crippen molar-refractivity contribution < 1.29 is 4.79 Å². The molecule has 0 aromatic heterocycles. The minimum absolute atomic E-state index is 0.155. The first kappa shape index (κ1) is 8.31. The lowest BCUT2D eigenvalue weighted by Gasteiger charge is -2.18. The normalized spacial score (nSPS) is 15.6. The third-order valence-electron chi connectivity index (χ3n) is 2.17. The first-order valence-corrected chi connectivity index (χ1v) is 4.18. The number of nitrogens with zero attached hydrogens (tertiary/aromatic N) is 1. The van der Waals surface area contributed by atoms with Crippen LogP contribution in [0.4, 0.5) is 0 Å². The van der Waals surface area contributed by atoms with Crippen LogP contribution in [0.15, 0.2) is 11.6 Å². The Labute approximate surface area is 67.9 Å². The zero-order chi connectivity index (χ0) is 8.27. The van der Waals surface area contributed by atoms with Crippen LogP contribution in [0.25, 0.3) is 0 Å². The van der Waals surface area contributed by atoms with E-state index in [0.717, 1.165) is 19.4 Å². The van der Waals surface area contributed by atoms with Crippen LogP contribution in [0.3, 0.4) is 0 Å². The second-order valence-corrected chi connectivity index (χ2v) is 3.01. The highest BCUT2D eigenvalue weighted by Gasteiger charge is 2.11. The average molecular weight is 153 g/mol. The second-order valence-electron chi connectivity index (χ2n) is 3.01. The van der Waals surface area contributed by atoms with Crippen molar-refractivity contribution in [3.05, 3.63) is 11.6 Å². The molecule has 0 radical (unpaired) electrons. The SMILES string of the molecule is CCN(C)C(=O)C=C1CCC1. The van der Waals surface area contributed by atoms with Crippen molar-refractivity contribution in [3.8, 4) is 0 Å². The quantitative estimate of drug-likeness (QED) is 0.551. The highest BCUT2D eigenvalue weighted by molar-refractivity contribution is 5.88. The zero-order valence-electron chi connectivity index (χ0n) is 7.26. The molecule has 2 heteroatoms. The van der Waals surface area contributed by atoms with E-state index in [2.05, 4.69) is 0 Å². The number of allylic oxidation sites excluding steroid dienone is 1. The van der Waals surface area contributed by atoms with Gasteiger partial charge in [-0.1, -0.05) is 5.57 Å². The van der Waals surface area contributed by atoms with Crippen LogP contribution in [0.5, 0.6) is 0 Å². The maximum absolute atomic E-state index is 11.2. The Kier molecular flexibility index (Phi) is 2.69. The third-order valence-corrected chi connectivity index (χ3v) is 2.17. The number of rotatable bonds is 2. The molecule has 1 fully saturated rings. The van der Waals surface area contributed by atoms with Gasteiger partial charge in [0.1, 0.15) is 0 Å². The fourth-order valence-corrected chi connectivity index (χ4v) is 0.966. The number of likely N-dealkylation sites (N-methyl/N-ethyl adjacent to an activating group) is 1. The molecule has 0 N–H and O–H groups in total.